The molecular weight excluding hydrogens is 322 g/mol. The van der Waals surface area contributed by atoms with Crippen molar-refractivity contribution in [3.05, 3.63) is 0 Å². The maximum absolute atomic E-state index is 10.4. The predicted molar refractivity (Wildman–Crippen MR) is 114 cm³/mol. The van der Waals surface area contributed by atoms with Crippen LogP contribution in [0.1, 0.15) is 135 Å². The van der Waals surface area contributed by atoms with Gasteiger partial charge in [-0.2, -0.15) is 0 Å². The van der Waals surface area contributed by atoms with E-state index in [2.05, 4.69) is 0 Å². The summed E-state index contributed by atoms with van der Waals surface area (Å²) in [5, 5.41) is 8.57. The molecule has 26 heavy (non-hydrogen) atoms. The minimum Gasteiger partial charge on any atom is -0.481 e. The molecule has 156 valence electrons. The first kappa shape index (κ1) is 25.4. The van der Waals surface area contributed by atoms with Gasteiger partial charge in [0.25, 0.3) is 0 Å². The van der Waals surface area contributed by atoms with E-state index in [4.69, 9.17) is 10.8 Å². The lowest BCUT2D eigenvalue weighted by Crippen LogP contribution is -1.97. The third kappa shape index (κ3) is 23.4. The monoisotopic (exact) mass is 369 g/mol. The van der Waals surface area contributed by atoms with Crippen LogP contribution in [0.5, 0.6) is 0 Å². The average Bonchev–Trinajstić information content (AvgIpc) is 2.62. The first-order chi connectivity index (χ1) is 12.8. The van der Waals surface area contributed by atoms with E-state index in [0.29, 0.717) is 6.42 Å². The van der Waals surface area contributed by atoms with Gasteiger partial charge < -0.3 is 10.8 Å². The molecule has 3 N–H and O–H groups in total. The van der Waals surface area contributed by atoms with E-state index in [1.807, 2.05) is 0 Å². The van der Waals surface area contributed by atoms with Gasteiger partial charge in [0.1, 0.15) is 0 Å². The molecule has 0 aromatic heterocycles. The summed E-state index contributed by atoms with van der Waals surface area (Å²) in [6, 6.07) is 0. The van der Waals surface area contributed by atoms with Crippen LogP contribution in [0.25, 0.3) is 0 Å². The highest BCUT2D eigenvalue weighted by molar-refractivity contribution is 5.66. The predicted octanol–water partition coefficient (Wildman–Crippen LogP) is 7.22. The molecule has 0 saturated heterocycles. The topological polar surface area (TPSA) is 63.3 Å². The van der Waals surface area contributed by atoms with Crippen molar-refractivity contribution >= 4 is 5.97 Å². The zero-order chi connectivity index (χ0) is 19.1. The van der Waals surface area contributed by atoms with Gasteiger partial charge in [-0.3, -0.25) is 4.79 Å². The lowest BCUT2D eigenvalue weighted by atomic mass is 10.0. The van der Waals surface area contributed by atoms with Gasteiger partial charge in [0.15, 0.2) is 0 Å². The summed E-state index contributed by atoms with van der Waals surface area (Å²) in [7, 11) is 0. The molecule has 0 amide bonds. The van der Waals surface area contributed by atoms with Crippen LogP contribution in [-0.4, -0.2) is 17.6 Å². The summed E-state index contributed by atoms with van der Waals surface area (Å²) < 4.78 is 0. The Labute approximate surface area is 163 Å². The molecular formula is C23H47NO2. The molecule has 0 aromatic rings. The Morgan fingerprint density at radius 2 is 0.692 bits per heavy atom. The maximum atomic E-state index is 10.4. The number of carbonyl (C=O) groups is 1. The Morgan fingerprint density at radius 3 is 0.923 bits per heavy atom. The summed E-state index contributed by atoms with van der Waals surface area (Å²) in [4.78, 5) is 10.4. The molecule has 0 aliphatic rings. The van der Waals surface area contributed by atoms with Crippen molar-refractivity contribution in [1.82, 2.24) is 0 Å². The van der Waals surface area contributed by atoms with Gasteiger partial charge >= 0.3 is 5.97 Å². The lowest BCUT2D eigenvalue weighted by Gasteiger charge is -2.04. The maximum Gasteiger partial charge on any atom is 0.303 e. The molecule has 0 rings (SSSR count). The Hall–Kier alpha value is -0.570. The fourth-order valence-electron chi connectivity index (χ4n) is 3.60. The number of carboxylic acid groups (broad SMARTS) is 1. The van der Waals surface area contributed by atoms with Gasteiger partial charge in [-0.25, -0.2) is 0 Å². The first-order valence-corrected chi connectivity index (χ1v) is 11.7. The molecule has 0 aliphatic heterocycles. The van der Waals surface area contributed by atoms with Gasteiger partial charge in [0, 0.05) is 6.42 Å². The second-order valence-corrected chi connectivity index (χ2v) is 8.00. The minimum absolute atomic E-state index is 0.342. The van der Waals surface area contributed by atoms with Gasteiger partial charge in [0.2, 0.25) is 0 Å². The molecule has 0 aliphatic carbocycles. The van der Waals surface area contributed by atoms with E-state index in [0.717, 1.165) is 19.4 Å². The molecule has 0 radical (unpaired) electrons. The third-order valence-corrected chi connectivity index (χ3v) is 5.34. The molecule has 0 heterocycles. The van der Waals surface area contributed by atoms with E-state index in [1.165, 1.54) is 116 Å². The van der Waals surface area contributed by atoms with Crippen molar-refractivity contribution in [2.75, 3.05) is 6.54 Å². The van der Waals surface area contributed by atoms with Crippen LogP contribution in [-0.2, 0) is 4.79 Å². The van der Waals surface area contributed by atoms with E-state index in [1.54, 1.807) is 0 Å². The Bertz CT molecular complexity index is 281. The number of unbranched alkanes of at least 4 members (excludes halogenated alkanes) is 19. The normalized spacial score (nSPS) is 11.1. The fourth-order valence-corrected chi connectivity index (χ4v) is 3.60. The third-order valence-electron chi connectivity index (χ3n) is 5.34. The number of rotatable bonds is 22. The number of hydrogen-bond acceptors (Lipinski definition) is 2. The summed E-state index contributed by atoms with van der Waals surface area (Å²) in [5.74, 6) is -0.654. The smallest absolute Gasteiger partial charge is 0.303 e. The summed E-state index contributed by atoms with van der Waals surface area (Å²) in [6.07, 6.45) is 27.0. The SMILES string of the molecule is NCCCCCCCCCCCCCCCCCCCCCCC(=O)O. The van der Waals surface area contributed by atoms with E-state index >= 15 is 0 Å². The molecule has 3 nitrogen and oxygen atoms in total. The van der Waals surface area contributed by atoms with Crippen LogP contribution in [0, 0.1) is 0 Å². The van der Waals surface area contributed by atoms with Gasteiger partial charge in [-0.05, 0) is 19.4 Å². The number of hydrogen-bond donors (Lipinski definition) is 2. The van der Waals surface area contributed by atoms with Gasteiger partial charge in [-0.1, -0.05) is 116 Å². The van der Waals surface area contributed by atoms with Crippen molar-refractivity contribution < 1.29 is 9.90 Å². The Morgan fingerprint density at radius 1 is 0.462 bits per heavy atom. The second-order valence-electron chi connectivity index (χ2n) is 8.00. The van der Waals surface area contributed by atoms with Gasteiger partial charge in [0.05, 0.1) is 0 Å². The van der Waals surface area contributed by atoms with Crippen molar-refractivity contribution in [2.45, 2.75) is 135 Å². The first-order valence-electron chi connectivity index (χ1n) is 11.7. The standard InChI is InChI=1S/C23H47NO2/c24-22-20-18-16-14-12-10-8-6-4-2-1-3-5-7-9-11-13-15-17-19-21-23(25)26/h1-22,24H2,(H,25,26). The van der Waals surface area contributed by atoms with Crippen molar-refractivity contribution in [2.24, 2.45) is 5.73 Å². The van der Waals surface area contributed by atoms with Crippen LogP contribution in [0.3, 0.4) is 0 Å². The fraction of sp³-hybridized carbons (Fsp3) is 0.957. The highest BCUT2D eigenvalue weighted by Gasteiger charge is 1.97. The Kier molecular flexibility index (Phi) is 22.0. The quantitative estimate of drug-likeness (QED) is 0.198. The molecule has 0 bridgehead atoms. The zero-order valence-electron chi connectivity index (χ0n) is 17.5. The minimum atomic E-state index is -0.654. The number of carboxylic acids is 1. The molecule has 0 fully saturated rings. The molecule has 0 saturated carbocycles. The zero-order valence-corrected chi connectivity index (χ0v) is 17.5. The van der Waals surface area contributed by atoms with Crippen LogP contribution >= 0.6 is 0 Å². The average molecular weight is 370 g/mol. The van der Waals surface area contributed by atoms with E-state index < -0.39 is 5.97 Å². The highest BCUT2D eigenvalue weighted by Crippen LogP contribution is 2.14. The summed E-state index contributed by atoms with van der Waals surface area (Å²) in [5.41, 5.74) is 5.50. The summed E-state index contributed by atoms with van der Waals surface area (Å²) >= 11 is 0. The van der Waals surface area contributed by atoms with Crippen molar-refractivity contribution in [3.63, 3.8) is 0 Å². The van der Waals surface area contributed by atoms with Crippen LogP contribution < -0.4 is 5.73 Å². The number of aliphatic carboxylic acids is 1. The molecule has 0 aromatic carbocycles. The second kappa shape index (κ2) is 22.5. The summed E-state index contributed by atoms with van der Waals surface area (Å²) in [6.45, 7) is 0.857. The lowest BCUT2D eigenvalue weighted by molar-refractivity contribution is -0.137. The molecule has 3 heteroatoms. The van der Waals surface area contributed by atoms with Crippen LogP contribution in [0.15, 0.2) is 0 Å². The van der Waals surface area contributed by atoms with Crippen LogP contribution in [0.2, 0.25) is 0 Å². The Balaban J connectivity index is 2.98. The molecule has 0 atom stereocenters. The number of nitrogens with two attached hydrogens (primary N) is 1. The van der Waals surface area contributed by atoms with Crippen molar-refractivity contribution in [3.8, 4) is 0 Å². The molecule has 0 unspecified atom stereocenters. The van der Waals surface area contributed by atoms with E-state index in [9.17, 15) is 4.79 Å². The van der Waals surface area contributed by atoms with Crippen LogP contribution in [0.4, 0.5) is 0 Å². The largest absolute Gasteiger partial charge is 0.481 e. The van der Waals surface area contributed by atoms with E-state index in [-0.39, 0.29) is 0 Å². The van der Waals surface area contributed by atoms with Gasteiger partial charge in [-0.15, -0.1) is 0 Å². The molecule has 0 spiro atoms. The van der Waals surface area contributed by atoms with Crippen molar-refractivity contribution in [1.29, 1.82) is 0 Å². The highest BCUT2D eigenvalue weighted by atomic mass is 16.4.